The van der Waals surface area contributed by atoms with Crippen LogP contribution in [0.15, 0.2) is 34.0 Å². The molecule has 3 heterocycles. The molecule has 4 rings (SSSR count). The molecule has 0 bridgehead atoms. The second-order valence-corrected chi connectivity index (χ2v) is 11.4. The van der Waals surface area contributed by atoms with E-state index in [0.717, 1.165) is 55.7 Å². The van der Waals surface area contributed by atoms with E-state index in [4.69, 9.17) is 12.2 Å². The number of rotatable bonds is 7. The van der Waals surface area contributed by atoms with Gasteiger partial charge in [0.2, 0.25) is 0 Å². The first kappa shape index (κ1) is 27.1. The van der Waals surface area contributed by atoms with Crippen LogP contribution in [0.2, 0.25) is 0 Å². The quantitative estimate of drug-likeness (QED) is 0.337. The largest absolute Gasteiger partial charge is 0.357 e. The molecule has 2 aromatic rings. The number of pyridine rings is 1. The summed E-state index contributed by atoms with van der Waals surface area (Å²) in [5, 5.41) is 9.86. The summed E-state index contributed by atoms with van der Waals surface area (Å²) in [6, 6.07) is 8.11. The number of carbonyl (C=O) groups is 1. The molecule has 1 amide bonds. The number of unbranched alkanes of at least 4 members (excludes halogenated alkanes) is 1. The first-order valence-corrected chi connectivity index (χ1v) is 13.9. The number of hydrogen-bond donors (Lipinski definition) is 0. The summed E-state index contributed by atoms with van der Waals surface area (Å²) in [4.78, 5) is 31.0. The van der Waals surface area contributed by atoms with Crippen molar-refractivity contribution in [2.24, 2.45) is 5.92 Å². The van der Waals surface area contributed by atoms with Gasteiger partial charge in [-0.3, -0.25) is 19.1 Å². The number of benzene rings is 1. The maximum absolute atomic E-state index is 13.4. The monoisotopic (exact) mass is 538 g/mol. The number of thiocarbonyl (C=S) groups is 1. The third kappa shape index (κ3) is 5.65. The maximum atomic E-state index is 13.4. The summed E-state index contributed by atoms with van der Waals surface area (Å²) in [6.45, 7) is 8.47. The number of carbonyl (C=O) groups excluding carboxylic acids is 1. The lowest BCUT2D eigenvalue weighted by Crippen LogP contribution is -2.39. The van der Waals surface area contributed by atoms with Gasteiger partial charge in [0.25, 0.3) is 11.5 Å². The van der Waals surface area contributed by atoms with Crippen molar-refractivity contribution in [2.75, 3.05) is 18.0 Å². The number of thioether (sulfide) groups is 1. The van der Waals surface area contributed by atoms with Crippen molar-refractivity contribution in [1.29, 1.82) is 5.26 Å². The minimum absolute atomic E-state index is 0.110. The van der Waals surface area contributed by atoms with Crippen LogP contribution in [-0.2, 0) is 17.9 Å². The van der Waals surface area contributed by atoms with Crippen LogP contribution in [0, 0.1) is 30.0 Å². The van der Waals surface area contributed by atoms with Crippen molar-refractivity contribution >= 4 is 46.1 Å². The van der Waals surface area contributed by atoms with Gasteiger partial charge >= 0.3 is 0 Å². The highest BCUT2D eigenvalue weighted by Crippen LogP contribution is 2.37. The van der Waals surface area contributed by atoms with E-state index in [1.807, 2.05) is 0 Å². The predicted molar refractivity (Wildman–Crippen MR) is 151 cm³/mol. The molecule has 0 unspecified atom stereocenters. The van der Waals surface area contributed by atoms with E-state index >= 15 is 0 Å². The van der Waals surface area contributed by atoms with Crippen molar-refractivity contribution in [3.63, 3.8) is 0 Å². The van der Waals surface area contributed by atoms with E-state index < -0.39 is 0 Å². The molecule has 1 aromatic heterocycles. The Balaban J connectivity index is 1.80. The van der Waals surface area contributed by atoms with Crippen molar-refractivity contribution in [3.05, 3.63) is 67.6 Å². The molecule has 0 radical (unpaired) electrons. The van der Waals surface area contributed by atoms with Gasteiger partial charge in [-0.15, -0.1) is 0 Å². The SMILES string of the molecule is CCCCn1c(N2CCC(C)CC2)c(/C=C2\SC(=S)N(Cc3ccc(F)cc3)C2=O)c(C)c(C#N)c1=O. The topological polar surface area (TPSA) is 69.3 Å². The van der Waals surface area contributed by atoms with Crippen molar-refractivity contribution in [3.8, 4) is 6.07 Å². The van der Waals surface area contributed by atoms with Crippen LogP contribution < -0.4 is 10.5 Å². The molecule has 2 fully saturated rings. The van der Waals surface area contributed by atoms with E-state index in [0.29, 0.717) is 27.3 Å². The summed E-state index contributed by atoms with van der Waals surface area (Å²) >= 11 is 6.74. The number of nitriles is 1. The van der Waals surface area contributed by atoms with Gasteiger partial charge < -0.3 is 4.90 Å². The summed E-state index contributed by atoms with van der Waals surface area (Å²) in [6.07, 6.45) is 5.55. The van der Waals surface area contributed by atoms with Gasteiger partial charge in [0.1, 0.15) is 27.6 Å². The van der Waals surface area contributed by atoms with Crippen molar-refractivity contribution < 1.29 is 9.18 Å². The lowest BCUT2D eigenvalue weighted by Gasteiger charge is -2.35. The Bertz CT molecular complexity index is 1340. The van der Waals surface area contributed by atoms with Gasteiger partial charge in [-0.2, -0.15) is 5.26 Å². The predicted octanol–water partition coefficient (Wildman–Crippen LogP) is 5.61. The Labute approximate surface area is 226 Å². The molecule has 194 valence electrons. The summed E-state index contributed by atoms with van der Waals surface area (Å²) < 4.78 is 15.5. The highest BCUT2D eigenvalue weighted by Gasteiger charge is 2.33. The summed E-state index contributed by atoms with van der Waals surface area (Å²) in [5.74, 6) is 0.820. The van der Waals surface area contributed by atoms with E-state index in [2.05, 4.69) is 24.8 Å². The number of nitrogens with zero attached hydrogens (tertiary/aromatic N) is 4. The van der Waals surface area contributed by atoms with Crippen LogP contribution in [0.5, 0.6) is 0 Å². The molecule has 2 aliphatic heterocycles. The molecular weight excluding hydrogens is 507 g/mol. The van der Waals surface area contributed by atoms with Crippen LogP contribution in [-0.4, -0.2) is 32.8 Å². The third-order valence-electron chi connectivity index (χ3n) is 7.07. The van der Waals surface area contributed by atoms with E-state index in [9.17, 15) is 19.2 Å². The number of amides is 1. The molecule has 6 nitrogen and oxygen atoms in total. The van der Waals surface area contributed by atoms with E-state index in [1.54, 1.807) is 29.7 Å². The van der Waals surface area contributed by atoms with Gasteiger partial charge in [-0.25, -0.2) is 4.39 Å². The number of aromatic nitrogens is 1. The number of hydrogen-bond acceptors (Lipinski definition) is 6. The minimum atomic E-state index is -0.337. The zero-order valence-electron chi connectivity index (χ0n) is 21.4. The van der Waals surface area contributed by atoms with Crippen molar-refractivity contribution in [1.82, 2.24) is 9.47 Å². The Morgan fingerprint density at radius 2 is 1.89 bits per heavy atom. The third-order valence-corrected chi connectivity index (χ3v) is 8.45. The second kappa shape index (κ2) is 11.6. The average Bonchev–Trinajstić information content (AvgIpc) is 3.14. The molecule has 0 aliphatic carbocycles. The molecular formula is C28H31FN4O2S2. The fourth-order valence-corrected chi connectivity index (χ4v) is 6.01. The van der Waals surface area contributed by atoms with Crippen LogP contribution in [0.25, 0.3) is 6.08 Å². The van der Waals surface area contributed by atoms with E-state index in [1.165, 1.54) is 28.8 Å². The molecule has 1 aromatic carbocycles. The van der Waals surface area contributed by atoms with Gasteiger partial charge in [0.05, 0.1) is 11.4 Å². The number of halogens is 1. The fourth-order valence-electron chi connectivity index (χ4n) is 4.77. The number of piperidine rings is 1. The summed E-state index contributed by atoms with van der Waals surface area (Å²) in [5.41, 5.74) is 1.92. The van der Waals surface area contributed by atoms with Gasteiger partial charge in [-0.05, 0) is 61.4 Å². The van der Waals surface area contributed by atoms with Crippen LogP contribution in [0.4, 0.5) is 10.2 Å². The van der Waals surface area contributed by atoms with Crippen LogP contribution in [0.1, 0.15) is 61.8 Å². The average molecular weight is 539 g/mol. The highest BCUT2D eigenvalue weighted by molar-refractivity contribution is 8.26. The highest BCUT2D eigenvalue weighted by atomic mass is 32.2. The molecule has 2 aliphatic rings. The lowest BCUT2D eigenvalue weighted by atomic mass is 9.97. The van der Waals surface area contributed by atoms with Crippen molar-refractivity contribution in [2.45, 2.75) is 59.5 Å². The Morgan fingerprint density at radius 1 is 1.22 bits per heavy atom. The Kier molecular flexibility index (Phi) is 8.50. The molecule has 0 saturated carbocycles. The Morgan fingerprint density at radius 3 is 2.51 bits per heavy atom. The first-order valence-electron chi connectivity index (χ1n) is 12.7. The molecule has 0 N–H and O–H groups in total. The maximum Gasteiger partial charge on any atom is 0.270 e. The molecule has 37 heavy (non-hydrogen) atoms. The smallest absolute Gasteiger partial charge is 0.270 e. The molecule has 0 atom stereocenters. The van der Waals surface area contributed by atoms with Gasteiger partial charge in [-0.1, -0.05) is 56.4 Å². The molecule has 0 spiro atoms. The fraction of sp³-hybridized carbons (Fsp3) is 0.429. The minimum Gasteiger partial charge on any atom is -0.357 e. The molecule has 2 saturated heterocycles. The first-order chi connectivity index (χ1) is 17.7. The van der Waals surface area contributed by atoms with E-state index in [-0.39, 0.29) is 29.4 Å². The zero-order valence-corrected chi connectivity index (χ0v) is 23.1. The second-order valence-electron chi connectivity index (χ2n) is 9.72. The Hall–Kier alpha value is -2.96. The standard InChI is InChI=1S/C28H31FN4O2S2/c1-4-5-12-32-25(31-13-10-18(2)11-14-31)22(19(3)23(16-30)26(32)34)15-24-27(35)33(28(36)37-24)17-20-6-8-21(29)9-7-20/h6-9,15,18H,4-5,10-14,17H2,1-3H3/b24-15-. The molecule has 9 heteroatoms. The lowest BCUT2D eigenvalue weighted by molar-refractivity contribution is -0.122. The van der Waals surface area contributed by atoms with Gasteiger partial charge in [0.15, 0.2) is 0 Å². The van der Waals surface area contributed by atoms with Crippen LogP contribution in [0.3, 0.4) is 0 Å². The van der Waals surface area contributed by atoms with Gasteiger partial charge in [0, 0.05) is 25.2 Å². The number of anilines is 1. The zero-order chi connectivity index (χ0) is 26.7. The van der Waals surface area contributed by atoms with Crippen LogP contribution >= 0.6 is 24.0 Å². The normalized spacial score (nSPS) is 17.6. The summed E-state index contributed by atoms with van der Waals surface area (Å²) in [7, 11) is 0.